The molecule has 3 unspecified atom stereocenters. The lowest BCUT2D eigenvalue weighted by molar-refractivity contribution is 0.204. The average Bonchev–Trinajstić information content (AvgIpc) is 3.26. The van der Waals surface area contributed by atoms with Crippen molar-refractivity contribution in [1.29, 1.82) is 5.41 Å². The number of aryl methyl sites for hydroxylation is 1. The first-order valence-electron chi connectivity index (χ1n) is 11.4. The SMILES string of the molecule is CC1(C)C2CC(c3cccc4c5c(oc34)C=CCC5)=CC=C2C2CCC(C=N)=CC21. The van der Waals surface area contributed by atoms with Crippen molar-refractivity contribution in [3.63, 3.8) is 0 Å². The summed E-state index contributed by atoms with van der Waals surface area (Å²) in [7, 11) is 0. The predicted molar refractivity (Wildman–Crippen MR) is 125 cm³/mol. The van der Waals surface area contributed by atoms with Crippen molar-refractivity contribution in [2.75, 3.05) is 0 Å². The summed E-state index contributed by atoms with van der Waals surface area (Å²) >= 11 is 0. The number of hydrogen-bond donors (Lipinski definition) is 1. The van der Waals surface area contributed by atoms with Crippen LogP contribution in [0.5, 0.6) is 0 Å². The lowest BCUT2D eigenvalue weighted by Crippen LogP contribution is -2.27. The Labute approximate surface area is 178 Å². The van der Waals surface area contributed by atoms with Crippen LogP contribution in [0, 0.1) is 28.6 Å². The Hall–Kier alpha value is -2.61. The van der Waals surface area contributed by atoms with Crippen LogP contribution < -0.4 is 0 Å². The van der Waals surface area contributed by atoms with Crippen LogP contribution >= 0.6 is 0 Å². The van der Waals surface area contributed by atoms with E-state index < -0.39 is 0 Å². The number of nitrogens with one attached hydrogen (secondary N) is 1. The fraction of sp³-hybridized carbons (Fsp3) is 0.393. The van der Waals surface area contributed by atoms with Crippen molar-refractivity contribution in [1.82, 2.24) is 0 Å². The highest BCUT2D eigenvalue weighted by Gasteiger charge is 2.52. The third-order valence-electron chi connectivity index (χ3n) is 8.27. The second-order valence-electron chi connectivity index (χ2n) is 10.1. The molecule has 1 saturated carbocycles. The zero-order chi connectivity index (χ0) is 20.5. The summed E-state index contributed by atoms with van der Waals surface area (Å²) in [6, 6.07) is 6.67. The number of fused-ring (bicyclic) bond motifs is 6. The summed E-state index contributed by atoms with van der Waals surface area (Å²) in [6.45, 7) is 4.89. The molecule has 2 nitrogen and oxygen atoms in total. The molecule has 1 aromatic heterocycles. The van der Waals surface area contributed by atoms with Gasteiger partial charge < -0.3 is 9.83 Å². The van der Waals surface area contributed by atoms with E-state index in [9.17, 15) is 0 Å². The summed E-state index contributed by atoms with van der Waals surface area (Å²) in [4.78, 5) is 0. The van der Waals surface area contributed by atoms with Crippen molar-refractivity contribution in [2.45, 2.75) is 46.0 Å². The molecule has 1 aromatic carbocycles. The van der Waals surface area contributed by atoms with Gasteiger partial charge in [-0.3, -0.25) is 0 Å². The largest absolute Gasteiger partial charge is 0.456 e. The minimum absolute atomic E-state index is 0.212. The molecule has 30 heavy (non-hydrogen) atoms. The molecule has 1 N–H and O–H groups in total. The predicted octanol–water partition coefficient (Wildman–Crippen LogP) is 7.36. The normalized spacial score (nSPS) is 28.9. The average molecular weight is 396 g/mol. The Bertz CT molecular complexity index is 1180. The van der Waals surface area contributed by atoms with E-state index in [1.54, 1.807) is 11.8 Å². The standard InChI is InChI=1S/C28H29NO/c1-28(2)24-14-17(16-29)10-12-20(24)21-13-11-18(15-25(21)28)19-7-5-8-23-22-6-3-4-9-26(22)30-27(19)23/h4-5,7-9,11,13-14,16,20,24-25,29H,3,6,10,12,15H2,1-2H3. The van der Waals surface area contributed by atoms with Gasteiger partial charge in [-0.15, -0.1) is 0 Å². The summed E-state index contributed by atoms with van der Waals surface area (Å²) in [5.41, 5.74) is 8.19. The van der Waals surface area contributed by atoms with Crippen molar-refractivity contribution < 1.29 is 4.42 Å². The van der Waals surface area contributed by atoms with Crippen molar-refractivity contribution >= 4 is 28.8 Å². The van der Waals surface area contributed by atoms with Crippen LogP contribution in [0.2, 0.25) is 0 Å². The van der Waals surface area contributed by atoms with Gasteiger partial charge in [0.05, 0.1) is 0 Å². The molecule has 2 heteroatoms. The number of benzene rings is 1. The van der Waals surface area contributed by atoms with Gasteiger partial charge in [0.15, 0.2) is 0 Å². The van der Waals surface area contributed by atoms with Crippen molar-refractivity contribution in [3.05, 3.63) is 70.5 Å². The Morgan fingerprint density at radius 3 is 2.93 bits per heavy atom. The molecule has 6 rings (SSSR count). The molecule has 0 spiro atoms. The first-order chi connectivity index (χ1) is 14.6. The number of rotatable bonds is 2. The molecule has 0 radical (unpaired) electrons. The lowest BCUT2D eigenvalue weighted by Gasteiger charge is -2.35. The fourth-order valence-corrected chi connectivity index (χ4v) is 6.64. The molecule has 4 aliphatic rings. The highest BCUT2D eigenvalue weighted by atomic mass is 16.3. The van der Waals surface area contributed by atoms with Gasteiger partial charge in [-0.2, -0.15) is 0 Å². The maximum atomic E-state index is 7.72. The van der Waals surface area contributed by atoms with E-state index in [-0.39, 0.29) is 5.41 Å². The van der Waals surface area contributed by atoms with Gasteiger partial charge in [0, 0.05) is 22.7 Å². The summed E-state index contributed by atoms with van der Waals surface area (Å²) in [6.07, 6.45) is 18.6. The second-order valence-corrected chi connectivity index (χ2v) is 10.1. The minimum Gasteiger partial charge on any atom is -0.456 e. The summed E-state index contributed by atoms with van der Waals surface area (Å²) in [5, 5.41) is 9.02. The van der Waals surface area contributed by atoms with Gasteiger partial charge in [0.2, 0.25) is 0 Å². The maximum Gasteiger partial charge on any atom is 0.142 e. The first-order valence-corrected chi connectivity index (χ1v) is 11.4. The van der Waals surface area contributed by atoms with E-state index in [2.05, 4.69) is 62.4 Å². The van der Waals surface area contributed by atoms with Gasteiger partial charge >= 0.3 is 0 Å². The number of furan rings is 1. The van der Waals surface area contributed by atoms with Crippen LogP contribution in [-0.4, -0.2) is 6.21 Å². The van der Waals surface area contributed by atoms with E-state index in [1.807, 2.05) is 0 Å². The summed E-state index contributed by atoms with van der Waals surface area (Å²) < 4.78 is 6.38. The molecule has 0 saturated heterocycles. The van der Waals surface area contributed by atoms with Gasteiger partial charge in [-0.25, -0.2) is 0 Å². The van der Waals surface area contributed by atoms with Gasteiger partial charge in [0.25, 0.3) is 0 Å². The van der Waals surface area contributed by atoms with Crippen LogP contribution in [0.25, 0.3) is 22.6 Å². The van der Waals surface area contributed by atoms with E-state index in [0.717, 1.165) is 37.0 Å². The molecule has 1 heterocycles. The van der Waals surface area contributed by atoms with Gasteiger partial charge in [0.1, 0.15) is 11.3 Å². The van der Waals surface area contributed by atoms with Crippen molar-refractivity contribution in [2.24, 2.45) is 23.2 Å². The van der Waals surface area contributed by atoms with Gasteiger partial charge in [-0.1, -0.05) is 61.9 Å². The van der Waals surface area contributed by atoms with E-state index in [4.69, 9.17) is 9.83 Å². The zero-order valence-corrected chi connectivity index (χ0v) is 17.9. The molecular formula is C28H29NO. The lowest BCUT2D eigenvalue weighted by atomic mass is 9.69. The molecule has 2 aromatic rings. The van der Waals surface area contributed by atoms with Gasteiger partial charge in [-0.05, 0) is 72.5 Å². The molecule has 3 atom stereocenters. The third-order valence-corrected chi connectivity index (χ3v) is 8.27. The van der Waals surface area contributed by atoms with Crippen LogP contribution in [0.3, 0.4) is 0 Å². The monoisotopic (exact) mass is 395 g/mol. The molecule has 0 bridgehead atoms. The van der Waals surface area contributed by atoms with E-state index in [1.165, 1.54) is 34.1 Å². The Kier molecular flexibility index (Phi) is 3.90. The molecule has 152 valence electrons. The van der Waals surface area contributed by atoms with Crippen LogP contribution in [0.4, 0.5) is 0 Å². The van der Waals surface area contributed by atoms with Crippen LogP contribution in [0.1, 0.15) is 56.4 Å². The van der Waals surface area contributed by atoms with Crippen LogP contribution in [-0.2, 0) is 6.42 Å². The zero-order valence-electron chi connectivity index (χ0n) is 17.9. The Morgan fingerprint density at radius 2 is 2.07 bits per heavy atom. The smallest absolute Gasteiger partial charge is 0.142 e. The second kappa shape index (κ2) is 6.44. The number of para-hydroxylation sites is 1. The third kappa shape index (κ3) is 2.46. The molecule has 4 aliphatic carbocycles. The Balaban J connectivity index is 1.42. The number of allylic oxidation sites excluding steroid dienone is 7. The minimum atomic E-state index is 0.212. The Morgan fingerprint density at radius 1 is 1.17 bits per heavy atom. The van der Waals surface area contributed by atoms with Crippen LogP contribution in [0.15, 0.2) is 58.1 Å². The van der Waals surface area contributed by atoms with E-state index >= 15 is 0 Å². The quantitative estimate of drug-likeness (QED) is 0.530. The number of hydrogen-bond acceptors (Lipinski definition) is 2. The maximum absolute atomic E-state index is 7.72. The van der Waals surface area contributed by atoms with E-state index in [0.29, 0.717) is 17.8 Å². The molecule has 1 fully saturated rings. The summed E-state index contributed by atoms with van der Waals surface area (Å²) in [5.74, 6) is 2.80. The highest BCUT2D eigenvalue weighted by Crippen LogP contribution is 2.61. The molecule has 0 amide bonds. The fourth-order valence-electron chi connectivity index (χ4n) is 6.64. The topological polar surface area (TPSA) is 37.0 Å². The highest BCUT2D eigenvalue weighted by molar-refractivity contribution is 5.94. The molecular weight excluding hydrogens is 366 g/mol. The first kappa shape index (κ1) is 18.2. The van der Waals surface area contributed by atoms with Crippen molar-refractivity contribution in [3.8, 4) is 0 Å². The molecule has 0 aliphatic heterocycles.